The average molecular weight is 447 g/mol. The third-order valence-corrected chi connectivity index (χ3v) is 5.22. The van der Waals surface area contributed by atoms with Crippen LogP contribution >= 0.6 is 0 Å². The van der Waals surface area contributed by atoms with Crippen LogP contribution in [0.1, 0.15) is 17.0 Å². The molecule has 10 heteroatoms. The van der Waals surface area contributed by atoms with E-state index in [1.165, 1.54) is 31.4 Å². The SMILES string of the molecule is COc1cc(NC(=O)Cc2c(C)nn(-c3ccc(F)cc3)c2C)ccc1NS(C)(=O)=O. The standard InChI is InChI=1S/C21H23FN4O4S/c1-13-18(14(2)26(24-13)17-8-5-15(22)6-9-17)12-21(27)23-16-7-10-19(20(11-16)30-3)25-31(4,28)29/h5-11,25H,12H2,1-4H3,(H,23,27). The summed E-state index contributed by atoms with van der Waals surface area (Å²) < 4.78 is 45.4. The van der Waals surface area contributed by atoms with E-state index in [2.05, 4.69) is 15.1 Å². The van der Waals surface area contributed by atoms with Crippen LogP contribution < -0.4 is 14.8 Å². The largest absolute Gasteiger partial charge is 0.494 e. The highest BCUT2D eigenvalue weighted by Gasteiger charge is 2.17. The summed E-state index contributed by atoms with van der Waals surface area (Å²) in [5, 5.41) is 7.26. The molecule has 0 aliphatic rings. The van der Waals surface area contributed by atoms with Crippen LogP contribution in [0, 0.1) is 19.7 Å². The fraction of sp³-hybridized carbons (Fsp3) is 0.238. The van der Waals surface area contributed by atoms with Gasteiger partial charge in [0.1, 0.15) is 11.6 Å². The maximum Gasteiger partial charge on any atom is 0.229 e. The second-order valence-electron chi connectivity index (χ2n) is 7.05. The van der Waals surface area contributed by atoms with E-state index in [-0.39, 0.29) is 29.6 Å². The Kier molecular flexibility index (Phi) is 6.30. The number of rotatable bonds is 7. The van der Waals surface area contributed by atoms with Crippen LogP contribution in [0.15, 0.2) is 42.5 Å². The molecule has 0 aliphatic heterocycles. The molecule has 0 saturated heterocycles. The summed E-state index contributed by atoms with van der Waals surface area (Å²) in [5.41, 5.74) is 3.68. The fourth-order valence-corrected chi connectivity index (χ4v) is 3.75. The lowest BCUT2D eigenvalue weighted by Crippen LogP contribution is -2.16. The van der Waals surface area contributed by atoms with Gasteiger partial charge in [0.25, 0.3) is 0 Å². The van der Waals surface area contributed by atoms with E-state index in [1.54, 1.807) is 22.9 Å². The molecule has 0 saturated carbocycles. The minimum Gasteiger partial charge on any atom is -0.494 e. The molecule has 0 spiro atoms. The Hall–Kier alpha value is -3.40. The number of nitrogens with zero attached hydrogens (tertiary/aromatic N) is 2. The maximum absolute atomic E-state index is 13.2. The number of hydrogen-bond donors (Lipinski definition) is 2. The van der Waals surface area contributed by atoms with E-state index in [0.717, 1.165) is 17.5 Å². The highest BCUT2D eigenvalue weighted by Crippen LogP contribution is 2.29. The molecule has 0 unspecified atom stereocenters. The zero-order chi connectivity index (χ0) is 22.8. The summed E-state index contributed by atoms with van der Waals surface area (Å²) in [6.07, 6.45) is 1.13. The van der Waals surface area contributed by atoms with E-state index >= 15 is 0 Å². The van der Waals surface area contributed by atoms with Crippen molar-refractivity contribution < 1.29 is 22.3 Å². The van der Waals surface area contributed by atoms with Crippen molar-refractivity contribution in [2.75, 3.05) is 23.4 Å². The Morgan fingerprint density at radius 2 is 1.84 bits per heavy atom. The van der Waals surface area contributed by atoms with Gasteiger partial charge in [-0.25, -0.2) is 17.5 Å². The lowest BCUT2D eigenvalue weighted by Gasteiger charge is -2.12. The summed E-state index contributed by atoms with van der Waals surface area (Å²) >= 11 is 0. The number of aromatic nitrogens is 2. The third-order valence-electron chi connectivity index (χ3n) is 4.63. The Morgan fingerprint density at radius 1 is 1.16 bits per heavy atom. The first-order valence-corrected chi connectivity index (χ1v) is 11.2. The second-order valence-corrected chi connectivity index (χ2v) is 8.80. The van der Waals surface area contributed by atoms with Gasteiger partial charge in [0.2, 0.25) is 15.9 Å². The fourth-order valence-electron chi connectivity index (χ4n) is 3.18. The van der Waals surface area contributed by atoms with Gasteiger partial charge in [0.15, 0.2) is 0 Å². The number of anilines is 2. The zero-order valence-corrected chi connectivity index (χ0v) is 18.4. The van der Waals surface area contributed by atoms with Crippen LogP contribution in [-0.4, -0.2) is 37.5 Å². The molecule has 0 atom stereocenters. The van der Waals surface area contributed by atoms with Gasteiger partial charge in [-0.05, 0) is 50.2 Å². The molecule has 3 rings (SSSR count). The number of nitrogens with one attached hydrogen (secondary N) is 2. The number of methoxy groups -OCH3 is 1. The van der Waals surface area contributed by atoms with Crippen LogP contribution in [-0.2, 0) is 21.2 Å². The number of aryl methyl sites for hydroxylation is 1. The van der Waals surface area contributed by atoms with Gasteiger partial charge in [-0.1, -0.05) is 0 Å². The van der Waals surface area contributed by atoms with Gasteiger partial charge in [-0.2, -0.15) is 5.10 Å². The zero-order valence-electron chi connectivity index (χ0n) is 17.6. The topological polar surface area (TPSA) is 102 Å². The molecule has 0 bridgehead atoms. The number of sulfonamides is 1. The van der Waals surface area contributed by atoms with Crippen LogP contribution in [0.25, 0.3) is 5.69 Å². The smallest absolute Gasteiger partial charge is 0.229 e. The summed E-state index contributed by atoms with van der Waals surface area (Å²) in [5.74, 6) is -0.325. The first-order chi connectivity index (χ1) is 14.6. The van der Waals surface area contributed by atoms with Crippen LogP contribution in [0.4, 0.5) is 15.8 Å². The van der Waals surface area contributed by atoms with E-state index in [4.69, 9.17) is 4.74 Å². The van der Waals surface area contributed by atoms with Gasteiger partial charge in [0, 0.05) is 23.0 Å². The minimum atomic E-state index is -3.47. The van der Waals surface area contributed by atoms with Crippen molar-refractivity contribution in [3.8, 4) is 11.4 Å². The number of benzene rings is 2. The molecule has 3 aromatic rings. The molecule has 2 N–H and O–H groups in total. The first kappa shape index (κ1) is 22.3. The number of amides is 1. The van der Waals surface area contributed by atoms with Crippen LogP contribution in [0.5, 0.6) is 5.75 Å². The number of hydrogen-bond acceptors (Lipinski definition) is 5. The second kappa shape index (κ2) is 8.76. The van der Waals surface area contributed by atoms with Gasteiger partial charge >= 0.3 is 0 Å². The number of ether oxygens (including phenoxy) is 1. The summed E-state index contributed by atoms with van der Waals surface area (Å²) in [4.78, 5) is 12.6. The summed E-state index contributed by atoms with van der Waals surface area (Å²) in [7, 11) is -2.06. The molecule has 1 heterocycles. The van der Waals surface area contributed by atoms with Gasteiger partial charge in [-0.3, -0.25) is 9.52 Å². The number of carbonyl (C=O) groups excluding carboxylic acids is 1. The predicted octanol–water partition coefficient (Wildman–Crippen LogP) is 3.19. The van der Waals surface area contributed by atoms with Crippen molar-refractivity contribution in [1.29, 1.82) is 0 Å². The molecule has 0 fully saturated rings. The molecule has 8 nitrogen and oxygen atoms in total. The highest BCUT2D eigenvalue weighted by molar-refractivity contribution is 7.92. The monoisotopic (exact) mass is 446 g/mol. The Balaban J connectivity index is 1.77. The van der Waals surface area contributed by atoms with E-state index < -0.39 is 10.0 Å². The summed E-state index contributed by atoms with van der Waals surface area (Å²) in [6.45, 7) is 3.66. The van der Waals surface area contributed by atoms with Gasteiger partial charge < -0.3 is 10.1 Å². The van der Waals surface area contributed by atoms with Crippen molar-refractivity contribution in [3.05, 3.63) is 65.2 Å². The van der Waals surface area contributed by atoms with Crippen molar-refractivity contribution in [3.63, 3.8) is 0 Å². The lowest BCUT2D eigenvalue weighted by atomic mass is 10.1. The number of halogens is 1. The molecule has 164 valence electrons. The molecule has 1 amide bonds. The molecule has 1 aromatic heterocycles. The molecule has 0 aliphatic carbocycles. The van der Waals surface area contributed by atoms with Crippen molar-refractivity contribution in [1.82, 2.24) is 9.78 Å². The molecular weight excluding hydrogens is 423 g/mol. The Morgan fingerprint density at radius 3 is 2.45 bits per heavy atom. The van der Waals surface area contributed by atoms with E-state index in [0.29, 0.717) is 17.1 Å². The minimum absolute atomic E-state index is 0.0878. The average Bonchev–Trinajstić information content (AvgIpc) is 2.97. The first-order valence-electron chi connectivity index (χ1n) is 9.34. The van der Waals surface area contributed by atoms with Crippen molar-refractivity contribution in [2.45, 2.75) is 20.3 Å². The lowest BCUT2D eigenvalue weighted by molar-refractivity contribution is -0.115. The summed E-state index contributed by atoms with van der Waals surface area (Å²) in [6, 6.07) is 10.6. The quantitative estimate of drug-likeness (QED) is 0.580. The van der Waals surface area contributed by atoms with Gasteiger partial charge in [0.05, 0.1) is 36.9 Å². The van der Waals surface area contributed by atoms with Crippen LogP contribution in [0.3, 0.4) is 0 Å². The van der Waals surface area contributed by atoms with Crippen molar-refractivity contribution >= 4 is 27.3 Å². The maximum atomic E-state index is 13.2. The van der Waals surface area contributed by atoms with Crippen molar-refractivity contribution in [2.24, 2.45) is 0 Å². The normalized spacial score (nSPS) is 11.3. The van der Waals surface area contributed by atoms with E-state index in [9.17, 15) is 17.6 Å². The third kappa shape index (κ3) is 5.40. The molecular formula is C21H23FN4O4S. The Bertz CT molecular complexity index is 1220. The Labute approximate surface area is 180 Å². The highest BCUT2D eigenvalue weighted by atomic mass is 32.2. The molecule has 31 heavy (non-hydrogen) atoms. The van der Waals surface area contributed by atoms with E-state index in [1.807, 2.05) is 13.8 Å². The van der Waals surface area contributed by atoms with Gasteiger partial charge in [-0.15, -0.1) is 0 Å². The number of carbonyl (C=O) groups is 1. The molecule has 0 radical (unpaired) electrons. The molecule has 2 aromatic carbocycles. The van der Waals surface area contributed by atoms with Crippen LogP contribution in [0.2, 0.25) is 0 Å². The predicted molar refractivity (Wildman–Crippen MR) is 117 cm³/mol.